The number of H-pyrrole nitrogens is 1. The molecule has 1 saturated heterocycles. The summed E-state index contributed by atoms with van der Waals surface area (Å²) in [5.74, 6) is -0.785. The van der Waals surface area contributed by atoms with Gasteiger partial charge in [0.2, 0.25) is 15.9 Å². The summed E-state index contributed by atoms with van der Waals surface area (Å²) in [6.07, 6.45) is 1.89. The van der Waals surface area contributed by atoms with Gasteiger partial charge in [-0.3, -0.25) is 14.7 Å². The second-order valence-corrected chi connectivity index (χ2v) is 11.5. The molecule has 1 unspecified atom stereocenters. The number of carbonyl (C=O) groups is 2. The zero-order valence-corrected chi connectivity index (χ0v) is 22.0. The number of sulfonamides is 1. The average molecular weight is 526 g/mol. The summed E-state index contributed by atoms with van der Waals surface area (Å²) in [7, 11) is -2.14. The van der Waals surface area contributed by atoms with Crippen molar-refractivity contribution in [2.75, 3.05) is 43.6 Å². The van der Waals surface area contributed by atoms with Gasteiger partial charge in [0.05, 0.1) is 23.0 Å². The highest BCUT2D eigenvalue weighted by atomic mass is 32.2. The molecule has 11 heteroatoms. The van der Waals surface area contributed by atoms with E-state index >= 15 is 0 Å². The van der Waals surface area contributed by atoms with Crippen LogP contribution in [0.5, 0.6) is 0 Å². The van der Waals surface area contributed by atoms with Gasteiger partial charge in [0.15, 0.2) is 0 Å². The van der Waals surface area contributed by atoms with E-state index in [0.29, 0.717) is 55.2 Å². The van der Waals surface area contributed by atoms with E-state index < -0.39 is 15.9 Å². The summed E-state index contributed by atoms with van der Waals surface area (Å²) in [6, 6.07) is 9.20. The largest absolute Gasteiger partial charge is 0.385 e. The van der Waals surface area contributed by atoms with Gasteiger partial charge in [0.25, 0.3) is 5.91 Å². The summed E-state index contributed by atoms with van der Waals surface area (Å²) in [6.45, 7) is 4.91. The summed E-state index contributed by atoms with van der Waals surface area (Å²) in [5, 5.41) is 11.4. The fourth-order valence-corrected chi connectivity index (χ4v) is 7.26. The standard InChI is InChI=1S/C26H31N5O5S/c1-16-24(17(2)29-28-16)37(34,35)30-12-5-7-18(15-30)25(32)27-21-10-11-22-23-19(21)8-4-9-20(23)26(33)31(22)13-6-14-36-3/h4,8-11,18H,5-7,12-15H2,1-3H3,(H,27,32)(H,28,29). The molecule has 3 heterocycles. The predicted octanol–water partition coefficient (Wildman–Crippen LogP) is 3.22. The number of amides is 2. The van der Waals surface area contributed by atoms with Gasteiger partial charge in [0, 0.05) is 55.4 Å². The van der Waals surface area contributed by atoms with Crippen LogP contribution in [-0.4, -0.2) is 68.1 Å². The number of aromatic amines is 1. The number of ether oxygens (including phenoxy) is 1. The Morgan fingerprint density at radius 1 is 1.24 bits per heavy atom. The number of nitrogens with zero attached hydrogens (tertiary/aromatic N) is 3. The number of piperidine rings is 1. The number of benzene rings is 2. The lowest BCUT2D eigenvalue weighted by Crippen LogP contribution is -2.44. The zero-order valence-electron chi connectivity index (χ0n) is 21.2. The van der Waals surface area contributed by atoms with Crippen molar-refractivity contribution in [2.24, 2.45) is 5.92 Å². The number of methoxy groups -OCH3 is 1. The molecule has 2 aliphatic heterocycles. The second kappa shape index (κ2) is 9.88. The highest BCUT2D eigenvalue weighted by Crippen LogP contribution is 2.41. The van der Waals surface area contributed by atoms with Crippen molar-refractivity contribution < 1.29 is 22.7 Å². The number of nitrogens with one attached hydrogen (secondary N) is 2. The Morgan fingerprint density at radius 2 is 2.05 bits per heavy atom. The Kier molecular flexibility index (Phi) is 6.78. The van der Waals surface area contributed by atoms with Crippen LogP contribution in [0.15, 0.2) is 35.2 Å². The summed E-state index contributed by atoms with van der Waals surface area (Å²) >= 11 is 0. The molecule has 1 atom stereocenters. The fourth-order valence-electron chi connectivity index (χ4n) is 5.40. The minimum Gasteiger partial charge on any atom is -0.385 e. The Hall–Kier alpha value is -3.28. The third kappa shape index (κ3) is 4.41. The Balaban J connectivity index is 1.37. The van der Waals surface area contributed by atoms with Crippen LogP contribution < -0.4 is 10.2 Å². The van der Waals surface area contributed by atoms with Crippen molar-refractivity contribution in [2.45, 2.75) is 38.0 Å². The van der Waals surface area contributed by atoms with Crippen LogP contribution in [0.25, 0.3) is 10.8 Å². The van der Waals surface area contributed by atoms with E-state index in [-0.39, 0.29) is 23.3 Å². The van der Waals surface area contributed by atoms with E-state index in [1.165, 1.54) is 4.31 Å². The first kappa shape index (κ1) is 25.4. The van der Waals surface area contributed by atoms with Crippen molar-refractivity contribution in [1.29, 1.82) is 0 Å². The van der Waals surface area contributed by atoms with Gasteiger partial charge in [-0.25, -0.2) is 8.42 Å². The van der Waals surface area contributed by atoms with Crippen LogP contribution in [0.3, 0.4) is 0 Å². The van der Waals surface area contributed by atoms with E-state index in [1.54, 1.807) is 31.9 Å². The molecule has 37 heavy (non-hydrogen) atoms. The number of hydrogen-bond acceptors (Lipinski definition) is 6. The summed E-state index contributed by atoms with van der Waals surface area (Å²) in [4.78, 5) is 28.3. The Bertz CT molecular complexity index is 1460. The molecule has 0 bridgehead atoms. The van der Waals surface area contributed by atoms with Gasteiger partial charge in [-0.15, -0.1) is 0 Å². The topological polar surface area (TPSA) is 125 Å². The molecule has 2 aliphatic rings. The first-order valence-corrected chi connectivity index (χ1v) is 13.9. The van der Waals surface area contributed by atoms with Crippen molar-refractivity contribution in [3.8, 4) is 0 Å². The maximum absolute atomic E-state index is 13.4. The molecule has 2 aromatic carbocycles. The van der Waals surface area contributed by atoms with Crippen LogP contribution in [0.2, 0.25) is 0 Å². The van der Waals surface area contributed by atoms with E-state index in [9.17, 15) is 18.0 Å². The van der Waals surface area contributed by atoms with Gasteiger partial charge in [-0.05, 0) is 51.3 Å². The van der Waals surface area contributed by atoms with Gasteiger partial charge in [-0.1, -0.05) is 12.1 Å². The van der Waals surface area contributed by atoms with E-state index in [2.05, 4.69) is 15.5 Å². The third-order valence-corrected chi connectivity index (χ3v) is 9.32. The van der Waals surface area contributed by atoms with E-state index in [4.69, 9.17) is 4.74 Å². The first-order valence-electron chi connectivity index (χ1n) is 12.4. The molecule has 0 radical (unpaired) electrons. The lowest BCUT2D eigenvalue weighted by atomic mass is 9.98. The lowest BCUT2D eigenvalue weighted by molar-refractivity contribution is -0.120. The Labute approximate surface area is 216 Å². The summed E-state index contributed by atoms with van der Waals surface area (Å²) in [5.41, 5.74) is 2.96. The second-order valence-electron chi connectivity index (χ2n) is 9.62. The first-order chi connectivity index (χ1) is 17.7. The smallest absolute Gasteiger partial charge is 0.258 e. The van der Waals surface area contributed by atoms with E-state index in [1.807, 2.05) is 24.3 Å². The minimum atomic E-state index is -3.77. The van der Waals surface area contributed by atoms with Crippen LogP contribution in [0, 0.1) is 19.8 Å². The SMILES string of the molecule is COCCCN1C(=O)c2cccc3c(NC(=O)C4CCCN(S(=O)(=O)c5c(C)n[nH]c5C)C4)ccc1c23. The average Bonchev–Trinajstić information content (AvgIpc) is 3.38. The number of aromatic nitrogens is 2. The zero-order chi connectivity index (χ0) is 26.3. The van der Waals surface area contributed by atoms with Crippen LogP contribution >= 0.6 is 0 Å². The molecular weight excluding hydrogens is 494 g/mol. The normalized spacial score (nSPS) is 18.1. The minimum absolute atomic E-state index is 0.0573. The highest BCUT2D eigenvalue weighted by molar-refractivity contribution is 7.89. The molecule has 5 rings (SSSR count). The maximum atomic E-state index is 13.4. The quantitative estimate of drug-likeness (QED) is 0.435. The molecule has 196 valence electrons. The molecule has 0 aliphatic carbocycles. The van der Waals surface area contributed by atoms with Crippen molar-refractivity contribution >= 4 is 44.0 Å². The molecule has 2 N–H and O–H groups in total. The molecule has 0 saturated carbocycles. The monoisotopic (exact) mass is 525 g/mol. The number of rotatable bonds is 8. The highest BCUT2D eigenvalue weighted by Gasteiger charge is 2.36. The van der Waals surface area contributed by atoms with Crippen molar-refractivity contribution in [1.82, 2.24) is 14.5 Å². The molecular formula is C26H31N5O5S. The predicted molar refractivity (Wildman–Crippen MR) is 140 cm³/mol. The molecule has 10 nitrogen and oxygen atoms in total. The molecule has 0 spiro atoms. The number of hydrogen-bond donors (Lipinski definition) is 2. The van der Waals surface area contributed by atoms with E-state index in [0.717, 1.165) is 22.9 Å². The number of carbonyl (C=O) groups excluding carboxylic acids is 2. The van der Waals surface area contributed by atoms with Crippen molar-refractivity contribution in [3.63, 3.8) is 0 Å². The molecule has 1 aromatic heterocycles. The van der Waals surface area contributed by atoms with Gasteiger partial charge >= 0.3 is 0 Å². The van der Waals surface area contributed by atoms with Crippen LogP contribution in [0.4, 0.5) is 11.4 Å². The fraction of sp³-hybridized carbons (Fsp3) is 0.423. The third-order valence-electron chi connectivity index (χ3n) is 7.19. The summed E-state index contributed by atoms with van der Waals surface area (Å²) < 4.78 is 33.2. The molecule has 3 aromatic rings. The Morgan fingerprint density at radius 3 is 2.78 bits per heavy atom. The van der Waals surface area contributed by atoms with Gasteiger partial charge in [0.1, 0.15) is 4.90 Å². The number of anilines is 2. The molecule has 1 fully saturated rings. The van der Waals surface area contributed by atoms with Crippen LogP contribution in [0.1, 0.15) is 41.0 Å². The molecule has 2 amide bonds. The lowest BCUT2D eigenvalue weighted by Gasteiger charge is -2.31. The maximum Gasteiger partial charge on any atom is 0.258 e. The van der Waals surface area contributed by atoms with Gasteiger partial charge in [-0.2, -0.15) is 9.40 Å². The van der Waals surface area contributed by atoms with Crippen molar-refractivity contribution in [3.05, 3.63) is 47.3 Å². The number of aryl methyl sites for hydroxylation is 2. The van der Waals surface area contributed by atoms with Gasteiger partial charge < -0.3 is 15.0 Å². The van der Waals surface area contributed by atoms with Crippen LogP contribution in [-0.2, 0) is 19.6 Å².